The fourth-order valence-electron chi connectivity index (χ4n) is 2.65. The van der Waals surface area contributed by atoms with Crippen LogP contribution in [0.2, 0.25) is 0 Å². The van der Waals surface area contributed by atoms with Crippen molar-refractivity contribution in [3.63, 3.8) is 0 Å². The number of ether oxygens (including phenoxy) is 3. The zero-order valence-electron chi connectivity index (χ0n) is 13.2. The summed E-state index contributed by atoms with van der Waals surface area (Å²) in [5, 5.41) is 4.01. The molecule has 2 heterocycles. The number of hydrogen-bond donors (Lipinski definition) is 1. The molecule has 6 nitrogen and oxygen atoms in total. The van der Waals surface area contributed by atoms with Crippen LogP contribution < -0.4 is 14.8 Å². The quantitative estimate of drug-likeness (QED) is 0.726. The van der Waals surface area contributed by atoms with Crippen molar-refractivity contribution in [3.05, 3.63) is 53.6 Å². The Bertz CT molecular complexity index is 994. The highest BCUT2D eigenvalue weighted by Gasteiger charge is 2.22. The van der Waals surface area contributed by atoms with Gasteiger partial charge in [0.1, 0.15) is 10.6 Å². The largest absolute Gasteiger partial charge is 0.465 e. The second-order valence-corrected chi connectivity index (χ2v) is 6.37. The molecule has 3 aromatic rings. The number of benzene rings is 2. The van der Waals surface area contributed by atoms with Gasteiger partial charge in [0.05, 0.1) is 7.11 Å². The van der Waals surface area contributed by atoms with Gasteiger partial charge in [-0.15, -0.1) is 11.3 Å². The highest BCUT2D eigenvalue weighted by atomic mass is 32.1. The normalized spacial score (nSPS) is 12.2. The lowest BCUT2D eigenvalue weighted by Crippen LogP contribution is -2.13. The van der Waals surface area contributed by atoms with E-state index in [-0.39, 0.29) is 12.7 Å². The van der Waals surface area contributed by atoms with E-state index in [1.807, 2.05) is 24.3 Å². The fraction of sp³-hybridized carbons (Fsp3) is 0.111. The molecule has 0 saturated heterocycles. The van der Waals surface area contributed by atoms with E-state index in [4.69, 9.17) is 14.2 Å². The van der Waals surface area contributed by atoms with E-state index in [0.29, 0.717) is 27.6 Å². The second kappa shape index (κ2) is 6.10. The Morgan fingerprint density at radius 2 is 1.92 bits per heavy atom. The number of rotatable bonds is 3. The van der Waals surface area contributed by atoms with Crippen molar-refractivity contribution in [1.29, 1.82) is 0 Å². The summed E-state index contributed by atoms with van der Waals surface area (Å²) < 4.78 is 16.3. The summed E-state index contributed by atoms with van der Waals surface area (Å²) in [5.74, 6) is 0.305. The van der Waals surface area contributed by atoms with Crippen molar-refractivity contribution in [2.45, 2.75) is 0 Å². The molecule has 0 aliphatic carbocycles. The van der Waals surface area contributed by atoms with Crippen LogP contribution in [0, 0.1) is 0 Å². The molecule has 0 bridgehead atoms. The Labute approximate surface area is 146 Å². The monoisotopic (exact) mass is 355 g/mol. The lowest BCUT2D eigenvalue weighted by Gasteiger charge is -2.06. The van der Waals surface area contributed by atoms with Gasteiger partial charge in [0.2, 0.25) is 6.79 Å². The molecule has 0 saturated carbocycles. The maximum absolute atomic E-state index is 12.6. The van der Waals surface area contributed by atoms with Gasteiger partial charge < -0.3 is 19.5 Å². The number of thiophene rings is 1. The van der Waals surface area contributed by atoms with Crippen LogP contribution >= 0.6 is 11.3 Å². The first-order chi connectivity index (χ1) is 12.2. The number of carbonyl (C=O) groups is 2. The number of esters is 1. The Morgan fingerprint density at radius 3 is 2.76 bits per heavy atom. The molecular weight excluding hydrogens is 342 g/mol. The maximum atomic E-state index is 12.6. The molecule has 1 aliphatic rings. The van der Waals surface area contributed by atoms with Crippen molar-refractivity contribution in [2.24, 2.45) is 0 Å². The van der Waals surface area contributed by atoms with Crippen LogP contribution in [-0.4, -0.2) is 25.8 Å². The van der Waals surface area contributed by atoms with Crippen molar-refractivity contribution in [1.82, 2.24) is 0 Å². The minimum absolute atomic E-state index is 0.142. The Kier molecular flexibility index (Phi) is 3.77. The van der Waals surface area contributed by atoms with E-state index < -0.39 is 5.97 Å². The first-order valence-electron chi connectivity index (χ1n) is 7.48. The lowest BCUT2D eigenvalue weighted by atomic mass is 10.1. The molecule has 4 rings (SSSR count). The molecule has 1 aromatic heterocycles. The van der Waals surface area contributed by atoms with Crippen LogP contribution in [0.25, 0.3) is 10.1 Å². The molecule has 0 radical (unpaired) electrons. The number of methoxy groups -OCH3 is 1. The van der Waals surface area contributed by atoms with Gasteiger partial charge in [-0.3, -0.25) is 4.79 Å². The number of nitrogens with one attached hydrogen (secondary N) is 1. The number of carbonyl (C=O) groups excluding carboxylic acids is 2. The molecule has 1 aliphatic heterocycles. The summed E-state index contributed by atoms with van der Waals surface area (Å²) in [6.07, 6.45) is 0. The molecule has 25 heavy (non-hydrogen) atoms. The zero-order chi connectivity index (χ0) is 17.4. The first-order valence-corrected chi connectivity index (χ1v) is 8.30. The van der Waals surface area contributed by atoms with Crippen molar-refractivity contribution < 1.29 is 23.8 Å². The molecule has 0 atom stereocenters. The van der Waals surface area contributed by atoms with Crippen LogP contribution in [0.3, 0.4) is 0 Å². The Morgan fingerprint density at radius 1 is 1.12 bits per heavy atom. The summed E-state index contributed by atoms with van der Waals surface area (Å²) in [7, 11) is 1.32. The maximum Gasteiger partial charge on any atom is 0.341 e. The molecule has 7 heteroatoms. The standard InChI is InChI=1S/C18H13NO5S/c1-22-18(21)15-11-4-2-3-5-14(11)25-17(15)19-16(20)10-6-7-12-13(8-10)24-9-23-12/h2-8H,9H2,1H3,(H,19,20). The van der Waals surface area contributed by atoms with E-state index in [2.05, 4.69) is 5.32 Å². The van der Waals surface area contributed by atoms with Crippen LogP contribution in [0.1, 0.15) is 20.7 Å². The molecule has 1 N–H and O–H groups in total. The number of fused-ring (bicyclic) bond motifs is 2. The summed E-state index contributed by atoms with van der Waals surface area (Å²) in [4.78, 5) is 24.8. The highest BCUT2D eigenvalue weighted by molar-refractivity contribution is 7.23. The van der Waals surface area contributed by atoms with Crippen molar-refractivity contribution in [3.8, 4) is 11.5 Å². The minimum atomic E-state index is -0.488. The zero-order valence-corrected chi connectivity index (χ0v) is 14.0. The summed E-state index contributed by atoms with van der Waals surface area (Å²) in [6, 6.07) is 12.4. The van der Waals surface area contributed by atoms with Gasteiger partial charge in [-0.05, 0) is 24.3 Å². The molecular formula is C18H13NO5S. The van der Waals surface area contributed by atoms with Crippen molar-refractivity contribution in [2.75, 3.05) is 19.2 Å². The van der Waals surface area contributed by atoms with Crippen molar-refractivity contribution >= 4 is 38.3 Å². The Balaban J connectivity index is 1.70. The van der Waals surface area contributed by atoms with Crippen LogP contribution in [-0.2, 0) is 4.74 Å². The van der Waals surface area contributed by atoms with E-state index >= 15 is 0 Å². The third-order valence-corrected chi connectivity index (χ3v) is 4.93. The molecule has 2 aromatic carbocycles. The number of hydrogen-bond acceptors (Lipinski definition) is 6. The minimum Gasteiger partial charge on any atom is -0.465 e. The van der Waals surface area contributed by atoms with Gasteiger partial charge in [-0.1, -0.05) is 18.2 Å². The van der Waals surface area contributed by atoms with E-state index in [1.54, 1.807) is 18.2 Å². The molecule has 0 fully saturated rings. The summed E-state index contributed by atoms with van der Waals surface area (Å²) in [6.45, 7) is 0.142. The predicted octanol–water partition coefficient (Wildman–Crippen LogP) is 3.67. The smallest absolute Gasteiger partial charge is 0.341 e. The average molecular weight is 355 g/mol. The highest BCUT2D eigenvalue weighted by Crippen LogP contribution is 2.37. The Hall–Kier alpha value is -3.06. The number of anilines is 1. The summed E-state index contributed by atoms with van der Waals surface area (Å²) in [5.41, 5.74) is 0.773. The third kappa shape index (κ3) is 2.68. The van der Waals surface area contributed by atoms with Gasteiger partial charge >= 0.3 is 5.97 Å². The van der Waals surface area contributed by atoms with Gasteiger partial charge in [-0.2, -0.15) is 0 Å². The average Bonchev–Trinajstić information content (AvgIpc) is 3.24. The van der Waals surface area contributed by atoms with Gasteiger partial charge in [0.25, 0.3) is 5.91 Å². The first kappa shape index (κ1) is 15.5. The van der Waals surface area contributed by atoms with Crippen LogP contribution in [0.4, 0.5) is 5.00 Å². The van der Waals surface area contributed by atoms with Gasteiger partial charge in [-0.25, -0.2) is 4.79 Å². The third-order valence-electron chi connectivity index (χ3n) is 3.85. The SMILES string of the molecule is COC(=O)c1c(NC(=O)c2ccc3c(c2)OCO3)sc2ccccc12. The molecule has 0 unspecified atom stereocenters. The van der Waals surface area contributed by atoms with Crippen LogP contribution in [0.15, 0.2) is 42.5 Å². The molecule has 1 amide bonds. The molecule has 126 valence electrons. The molecule has 0 spiro atoms. The van der Waals surface area contributed by atoms with E-state index in [9.17, 15) is 9.59 Å². The van der Waals surface area contributed by atoms with Gasteiger partial charge in [0, 0.05) is 15.6 Å². The summed E-state index contributed by atoms with van der Waals surface area (Å²) >= 11 is 1.33. The fourth-order valence-corrected chi connectivity index (χ4v) is 3.74. The van der Waals surface area contributed by atoms with Crippen LogP contribution in [0.5, 0.6) is 11.5 Å². The van der Waals surface area contributed by atoms with E-state index in [1.165, 1.54) is 18.4 Å². The predicted molar refractivity (Wildman–Crippen MR) is 93.7 cm³/mol. The van der Waals surface area contributed by atoms with Gasteiger partial charge in [0.15, 0.2) is 11.5 Å². The number of amides is 1. The topological polar surface area (TPSA) is 73.9 Å². The lowest BCUT2D eigenvalue weighted by molar-refractivity contribution is 0.0604. The second-order valence-electron chi connectivity index (χ2n) is 5.32. The van der Waals surface area contributed by atoms with E-state index in [0.717, 1.165) is 10.1 Å².